The van der Waals surface area contributed by atoms with Gasteiger partial charge in [0.05, 0.1) is 12.7 Å². The van der Waals surface area contributed by atoms with E-state index in [1.54, 1.807) is 0 Å². The largest absolute Gasteiger partial charge is 0.464 e. The van der Waals surface area contributed by atoms with Gasteiger partial charge in [-0.1, -0.05) is 32.1 Å². The molecule has 3 nitrogen and oxygen atoms in total. The van der Waals surface area contributed by atoms with Crippen LogP contribution in [0.5, 0.6) is 0 Å². The lowest BCUT2D eigenvalue weighted by molar-refractivity contribution is -0.174. The predicted molar refractivity (Wildman–Crippen MR) is 81.9 cm³/mol. The summed E-state index contributed by atoms with van der Waals surface area (Å²) in [4.78, 5) is 11.8. The standard InChI is InChI=1S/C18H30O3/c1-2-20-18(19)17-11-9-15-12-14(8-10-16(15)21-17)13-6-4-3-5-7-13/h13-17H,2-12H2,1H3/t14-,15+,16+,17-/m0/s1. The molecule has 0 aromatic carbocycles. The second-order valence-corrected chi connectivity index (χ2v) is 7.22. The van der Waals surface area contributed by atoms with Crippen LogP contribution >= 0.6 is 0 Å². The average Bonchev–Trinajstić information content (AvgIpc) is 2.55. The van der Waals surface area contributed by atoms with Crippen molar-refractivity contribution in [2.75, 3.05) is 6.61 Å². The zero-order valence-corrected chi connectivity index (χ0v) is 13.4. The Hall–Kier alpha value is -0.570. The van der Waals surface area contributed by atoms with Crippen molar-refractivity contribution in [3.05, 3.63) is 0 Å². The molecule has 0 spiro atoms. The Morgan fingerprint density at radius 3 is 2.48 bits per heavy atom. The van der Waals surface area contributed by atoms with Gasteiger partial charge in [0.25, 0.3) is 0 Å². The zero-order chi connectivity index (χ0) is 14.7. The first-order chi connectivity index (χ1) is 10.3. The number of ether oxygens (including phenoxy) is 2. The maximum atomic E-state index is 11.8. The van der Waals surface area contributed by atoms with Crippen molar-refractivity contribution in [3.8, 4) is 0 Å². The number of fused-ring (bicyclic) bond motifs is 1. The number of hydrogen-bond acceptors (Lipinski definition) is 3. The SMILES string of the molecule is CCOC(=O)[C@@H]1CC[C@@H]2C[C@@H](C3CCCCC3)CC[C@H]2O1. The lowest BCUT2D eigenvalue weighted by Gasteiger charge is -2.44. The van der Waals surface area contributed by atoms with Gasteiger partial charge in [0.15, 0.2) is 6.10 Å². The molecule has 3 heteroatoms. The normalized spacial score (nSPS) is 37.8. The molecule has 3 rings (SSSR count). The Balaban J connectivity index is 1.51. The number of hydrogen-bond donors (Lipinski definition) is 0. The highest BCUT2D eigenvalue weighted by molar-refractivity contribution is 5.74. The number of esters is 1. The number of carbonyl (C=O) groups is 1. The van der Waals surface area contributed by atoms with Gasteiger partial charge in [-0.15, -0.1) is 0 Å². The molecule has 4 atom stereocenters. The molecule has 0 radical (unpaired) electrons. The van der Waals surface area contributed by atoms with Crippen LogP contribution < -0.4 is 0 Å². The highest BCUT2D eigenvalue weighted by atomic mass is 16.6. The molecule has 3 aliphatic rings. The molecule has 1 aliphatic heterocycles. The molecular formula is C18H30O3. The smallest absolute Gasteiger partial charge is 0.335 e. The molecule has 1 heterocycles. The fraction of sp³-hybridized carbons (Fsp3) is 0.944. The average molecular weight is 294 g/mol. The van der Waals surface area contributed by atoms with E-state index in [1.165, 1.54) is 44.9 Å². The molecular weight excluding hydrogens is 264 g/mol. The van der Waals surface area contributed by atoms with E-state index in [1.807, 2.05) is 6.92 Å². The van der Waals surface area contributed by atoms with Gasteiger partial charge in [0, 0.05) is 0 Å². The summed E-state index contributed by atoms with van der Waals surface area (Å²) in [5.41, 5.74) is 0. The molecule has 0 amide bonds. The summed E-state index contributed by atoms with van der Waals surface area (Å²) in [6, 6.07) is 0. The predicted octanol–water partition coefficient (Wildman–Crippen LogP) is 4.09. The van der Waals surface area contributed by atoms with Gasteiger partial charge < -0.3 is 9.47 Å². The van der Waals surface area contributed by atoms with E-state index in [4.69, 9.17) is 9.47 Å². The van der Waals surface area contributed by atoms with Crippen molar-refractivity contribution in [1.82, 2.24) is 0 Å². The summed E-state index contributed by atoms with van der Waals surface area (Å²) in [7, 11) is 0. The first kappa shape index (κ1) is 15.3. The van der Waals surface area contributed by atoms with Crippen LogP contribution in [0.3, 0.4) is 0 Å². The summed E-state index contributed by atoms with van der Waals surface area (Å²) in [6.45, 7) is 2.31. The van der Waals surface area contributed by atoms with Crippen molar-refractivity contribution in [2.45, 2.75) is 83.3 Å². The second kappa shape index (κ2) is 7.13. The molecule has 0 unspecified atom stereocenters. The Kier molecular flexibility index (Phi) is 5.20. The van der Waals surface area contributed by atoms with E-state index in [-0.39, 0.29) is 12.1 Å². The molecule has 120 valence electrons. The molecule has 0 N–H and O–H groups in total. The van der Waals surface area contributed by atoms with Crippen molar-refractivity contribution in [1.29, 1.82) is 0 Å². The van der Waals surface area contributed by atoms with Gasteiger partial charge in [-0.25, -0.2) is 4.79 Å². The molecule has 1 saturated heterocycles. The third-order valence-electron chi connectivity index (χ3n) is 5.96. The molecule has 3 fully saturated rings. The maximum absolute atomic E-state index is 11.8. The van der Waals surface area contributed by atoms with Gasteiger partial charge in [0.1, 0.15) is 0 Å². The Labute approximate surface area is 128 Å². The zero-order valence-electron chi connectivity index (χ0n) is 13.4. The van der Waals surface area contributed by atoms with Gasteiger partial charge >= 0.3 is 5.97 Å². The molecule has 2 saturated carbocycles. The first-order valence-electron chi connectivity index (χ1n) is 9.10. The first-order valence-corrected chi connectivity index (χ1v) is 9.10. The van der Waals surface area contributed by atoms with E-state index in [9.17, 15) is 4.79 Å². The van der Waals surface area contributed by atoms with E-state index in [0.717, 1.165) is 31.1 Å². The summed E-state index contributed by atoms with van der Waals surface area (Å²) in [6.07, 6.45) is 13.1. The fourth-order valence-electron chi connectivity index (χ4n) is 4.84. The van der Waals surface area contributed by atoms with Gasteiger partial charge in [-0.3, -0.25) is 0 Å². The van der Waals surface area contributed by atoms with Crippen LogP contribution in [0.25, 0.3) is 0 Å². The molecule has 0 aromatic heterocycles. The van der Waals surface area contributed by atoms with E-state index >= 15 is 0 Å². The topological polar surface area (TPSA) is 35.5 Å². The third kappa shape index (κ3) is 3.61. The molecule has 0 bridgehead atoms. The van der Waals surface area contributed by atoms with Crippen LogP contribution in [0.1, 0.15) is 71.1 Å². The number of carbonyl (C=O) groups excluding carboxylic acids is 1. The summed E-state index contributed by atoms with van der Waals surface area (Å²) in [5, 5.41) is 0. The van der Waals surface area contributed by atoms with Crippen LogP contribution in [-0.4, -0.2) is 24.8 Å². The van der Waals surface area contributed by atoms with Crippen molar-refractivity contribution < 1.29 is 14.3 Å². The van der Waals surface area contributed by atoms with Crippen molar-refractivity contribution in [3.63, 3.8) is 0 Å². The fourth-order valence-corrected chi connectivity index (χ4v) is 4.84. The van der Waals surface area contributed by atoms with E-state index in [2.05, 4.69) is 0 Å². The minimum atomic E-state index is -0.294. The minimum Gasteiger partial charge on any atom is -0.464 e. The van der Waals surface area contributed by atoms with Gasteiger partial charge in [-0.05, 0) is 56.8 Å². The van der Waals surface area contributed by atoms with Crippen LogP contribution in [-0.2, 0) is 14.3 Å². The van der Waals surface area contributed by atoms with Gasteiger partial charge in [-0.2, -0.15) is 0 Å². The summed E-state index contributed by atoms with van der Waals surface area (Å²) in [5.74, 6) is 2.44. The van der Waals surface area contributed by atoms with Crippen molar-refractivity contribution >= 4 is 5.97 Å². The van der Waals surface area contributed by atoms with E-state index < -0.39 is 0 Å². The lowest BCUT2D eigenvalue weighted by Crippen LogP contribution is -2.43. The second-order valence-electron chi connectivity index (χ2n) is 7.22. The van der Waals surface area contributed by atoms with Crippen LogP contribution in [0.15, 0.2) is 0 Å². The molecule has 0 aromatic rings. The van der Waals surface area contributed by atoms with Crippen molar-refractivity contribution in [2.24, 2.45) is 17.8 Å². The van der Waals surface area contributed by atoms with Crippen LogP contribution in [0, 0.1) is 17.8 Å². The van der Waals surface area contributed by atoms with Crippen LogP contribution in [0.2, 0.25) is 0 Å². The highest BCUT2D eigenvalue weighted by Crippen LogP contribution is 2.44. The van der Waals surface area contributed by atoms with Gasteiger partial charge in [0.2, 0.25) is 0 Å². The Bertz CT molecular complexity index is 348. The Morgan fingerprint density at radius 1 is 0.952 bits per heavy atom. The maximum Gasteiger partial charge on any atom is 0.335 e. The third-order valence-corrected chi connectivity index (χ3v) is 5.96. The quantitative estimate of drug-likeness (QED) is 0.735. The number of rotatable bonds is 3. The summed E-state index contributed by atoms with van der Waals surface area (Å²) >= 11 is 0. The minimum absolute atomic E-state index is 0.148. The van der Waals surface area contributed by atoms with Crippen LogP contribution in [0.4, 0.5) is 0 Å². The molecule has 2 aliphatic carbocycles. The van der Waals surface area contributed by atoms with E-state index in [0.29, 0.717) is 18.6 Å². The Morgan fingerprint density at radius 2 is 1.71 bits per heavy atom. The lowest BCUT2D eigenvalue weighted by atomic mass is 9.68. The molecule has 21 heavy (non-hydrogen) atoms. The monoisotopic (exact) mass is 294 g/mol. The summed E-state index contributed by atoms with van der Waals surface area (Å²) < 4.78 is 11.2. The highest BCUT2D eigenvalue weighted by Gasteiger charge is 2.40.